The summed E-state index contributed by atoms with van der Waals surface area (Å²) in [5.41, 5.74) is -1.69. The summed E-state index contributed by atoms with van der Waals surface area (Å²) in [5, 5.41) is 14.9. The fourth-order valence-corrected chi connectivity index (χ4v) is 4.33. The zero-order chi connectivity index (χ0) is 17.4. The van der Waals surface area contributed by atoms with Crippen molar-refractivity contribution in [3.8, 4) is 6.07 Å². The minimum Gasteiger partial charge on any atom is -0.336 e. The Balaban J connectivity index is 1.69. The standard InChI is InChI=1S/C17H24N4O3/c1-12-6-2-3-9-17(12)14(23)21(15(24)20-17)10-13(22)19-16(11-18)7-4-5-8-16/h12H,2-10H2,1H3,(H,19,22)(H,20,24)/t12-,17-/m0/s1. The summed E-state index contributed by atoms with van der Waals surface area (Å²) in [4.78, 5) is 38.4. The van der Waals surface area contributed by atoms with Crippen molar-refractivity contribution in [2.75, 3.05) is 6.54 Å². The molecule has 0 bridgehead atoms. The van der Waals surface area contributed by atoms with Gasteiger partial charge in [-0.15, -0.1) is 0 Å². The molecule has 1 aliphatic heterocycles. The number of carbonyl (C=O) groups is 3. The molecule has 2 aliphatic carbocycles. The van der Waals surface area contributed by atoms with Gasteiger partial charge in [0.25, 0.3) is 5.91 Å². The Morgan fingerprint density at radius 2 is 1.96 bits per heavy atom. The molecule has 2 N–H and O–H groups in total. The summed E-state index contributed by atoms with van der Waals surface area (Å²) in [6.07, 6.45) is 6.51. The number of imide groups is 1. The van der Waals surface area contributed by atoms with Gasteiger partial charge in [-0.2, -0.15) is 5.26 Å². The van der Waals surface area contributed by atoms with Gasteiger partial charge in [0.15, 0.2) is 0 Å². The van der Waals surface area contributed by atoms with Crippen LogP contribution in [0, 0.1) is 17.2 Å². The molecule has 3 rings (SSSR count). The van der Waals surface area contributed by atoms with Gasteiger partial charge in [0.2, 0.25) is 5.91 Å². The second-order valence-corrected chi connectivity index (χ2v) is 7.39. The number of nitrogens with one attached hydrogen (secondary N) is 2. The molecule has 1 spiro atoms. The van der Waals surface area contributed by atoms with Gasteiger partial charge in [0, 0.05) is 0 Å². The molecule has 0 aromatic rings. The molecule has 7 nitrogen and oxygen atoms in total. The lowest BCUT2D eigenvalue weighted by Crippen LogP contribution is -2.54. The zero-order valence-electron chi connectivity index (χ0n) is 14.1. The second-order valence-electron chi connectivity index (χ2n) is 7.39. The first-order valence-corrected chi connectivity index (χ1v) is 8.79. The summed E-state index contributed by atoms with van der Waals surface area (Å²) in [6.45, 7) is 1.66. The van der Waals surface area contributed by atoms with Gasteiger partial charge < -0.3 is 10.6 Å². The fourth-order valence-electron chi connectivity index (χ4n) is 4.33. The largest absolute Gasteiger partial charge is 0.336 e. The third kappa shape index (κ3) is 2.64. The highest BCUT2D eigenvalue weighted by molar-refractivity contribution is 6.09. The molecule has 0 unspecified atom stereocenters. The van der Waals surface area contributed by atoms with Crippen LogP contribution in [0.5, 0.6) is 0 Å². The number of nitriles is 1. The van der Waals surface area contributed by atoms with Crippen molar-refractivity contribution in [3.05, 3.63) is 0 Å². The van der Waals surface area contributed by atoms with Gasteiger partial charge in [-0.25, -0.2) is 4.79 Å². The maximum atomic E-state index is 12.8. The van der Waals surface area contributed by atoms with Gasteiger partial charge in [0.1, 0.15) is 17.6 Å². The monoisotopic (exact) mass is 332 g/mol. The van der Waals surface area contributed by atoms with E-state index in [-0.39, 0.29) is 18.4 Å². The van der Waals surface area contributed by atoms with Crippen LogP contribution in [0.15, 0.2) is 0 Å². The van der Waals surface area contributed by atoms with Crippen molar-refractivity contribution >= 4 is 17.8 Å². The minimum atomic E-state index is -0.851. The van der Waals surface area contributed by atoms with Crippen molar-refractivity contribution in [1.29, 1.82) is 5.26 Å². The molecule has 130 valence electrons. The summed E-state index contributed by atoms with van der Waals surface area (Å²) < 4.78 is 0. The van der Waals surface area contributed by atoms with E-state index >= 15 is 0 Å². The lowest BCUT2D eigenvalue weighted by Gasteiger charge is -2.36. The molecule has 0 aromatic heterocycles. The number of urea groups is 1. The van der Waals surface area contributed by atoms with Crippen LogP contribution < -0.4 is 10.6 Å². The van der Waals surface area contributed by atoms with Crippen LogP contribution >= 0.6 is 0 Å². The third-order valence-corrected chi connectivity index (χ3v) is 5.85. The van der Waals surface area contributed by atoms with Crippen molar-refractivity contribution in [2.45, 2.75) is 69.4 Å². The van der Waals surface area contributed by atoms with Gasteiger partial charge >= 0.3 is 6.03 Å². The Labute approximate surface area is 141 Å². The highest BCUT2D eigenvalue weighted by atomic mass is 16.2. The Hall–Kier alpha value is -2.10. The maximum absolute atomic E-state index is 12.8. The molecule has 4 amide bonds. The SMILES string of the molecule is C[C@H]1CCCC[C@]12NC(=O)N(CC(=O)NC1(C#N)CCCC1)C2=O. The van der Waals surface area contributed by atoms with Crippen LogP contribution in [-0.4, -0.2) is 40.4 Å². The molecule has 7 heteroatoms. The lowest BCUT2D eigenvalue weighted by atomic mass is 9.73. The van der Waals surface area contributed by atoms with E-state index in [0.717, 1.165) is 37.0 Å². The summed E-state index contributed by atoms with van der Waals surface area (Å²) in [7, 11) is 0. The Kier molecular flexibility index (Phi) is 4.24. The number of carbonyl (C=O) groups excluding carboxylic acids is 3. The molecular formula is C17H24N4O3. The number of hydrogen-bond donors (Lipinski definition) is 2. The molecule has 3 aliphatic rings. The predicted octanol–water partition coefficient (Wildman–Crippen LogP) is 1.44. The first-order chi connectivity index (χ1) is 11.4. The van der Waals surface area contributed by atoms with Crippen molar-refractivity contribution in [3.63, 3.8) is 0 Å². The summed E-state index contributed by atoms with van der Waals surface area (Å²) in [5.74, 6) is -0.675. The van der Waals surface area contributed by atoms with Crippen LogP contribution in [-0.2, 0) is 9.59 Å². The fraction of sp³-hybridized carbons (Fsp3) is 0.765. The van der Waals surface area contributed by atoms with E-state index in [4.69, 9.17) is 0 Å². The Bertz CT molecular complexity index is 605. The van der Waals surface area contributed by atoms with Crippen LogP contribution in [0.4, 0.5) is 4.79 Å². The van der Waals surface area contributed by atoms with Gasteiger partial charge in [-0.1, -0.05) is 19.8 Å². The first-order valence-electron chi connectivity index (χ1n) is 8.79. The minimum absolute atomic E-state index is 0.0658. The highest BCUT2D eigenvalue weighted by Gasteiger charge is 2.55. The molecule has 0 radical (unpaired) electrons. The average Bonchev–Trinajstić information content (AvgIpc) is 3.10. The van der Waals surface area contributed by atoms with Crippen LogP contribution in [0.3, 0.4) is 0 Å². The van der Waals surface area contributed by atoms with E-state index in [9.17, 15) is 19.6 Å². The van der Waals surface area contributed by atoms with E-state index in [0.29, 0.717) is 19.3 Å². The van der Waals surface area contributed by atoms with Crippen LogP contribution in [0.1, 0.15) is 58.3 Å². The number of hydrogen-bond acceptors (Lipinski definition) is 4. The Morgan fingerprint density at radius 3 is 2.58 bits per heavy atom. The molecule has 2 atom stereocenters. The summed E-state index contributed by atoms with van der Waals surface area (Å²) >= 11 is 0. The first kappa shape index (κ1) is 16.7. The molecule has 2 saturated carbocycles. The zero-order valence-corrected chi connectivity index (χ0v) is 14.1. The molecule has 24 heavy (non-hydrogen) atoms. The van der Waals surface area contributed by atoms with Crippen molar-refractivity contribution in [1.82, 2.24) is 15.5 Å². The van der Waals surface area contributed by atoms with Crippen molar-refractivity contribution < 1.29 is 14.4 Å². The maximum Gasteiger partial charge on any atom is 0.325 e. The van der Waals surface area contributed by atoms with Gasteiger partial charge in [-0.3, -0.25) is 14.5 Å². The van der Waals surface area contributed by atoms with E-state index in [1.807, 2.05) is 6.92 Å². The topological polar surface area (TPSA) is 102 Å². The van der Waals surface area contributed by atoms with Crippen LogP contribution in [0.2, 0.25) is 0 Å². The molecular weight excluding hydrogens is 308 g/mol. The molecule has 1 saturated heterocycles. The van der Waals surface area contributed by atoms with E-state index < -0.39 is 23.0 Å². The second kappa shape index (κ2) is 6.08. The molecule has 0 aromatic carbocycles. The molecule has 1 heterocycles. The lowest BCUT2D eigenvalue weighted by molar-refractivity contribution is -0.137. The smallest absolute Gasteiger partial charge is 0.325 e. The number of nitrogens with zero attached hydrogens (tertiary/aromatic N) is 2. The predicted molar refractivity (Wildman–Crippen MR) is 85.6 cm³/mol. The van der Waals surface area contributed by atoms with Crippen LogP contribution in [0.25, 0.3) is 0 Å². The van der Waals surface area contributed by atoms with E-state index in [1.54, 1.807) is 0 Å². The normalized spacial score (nSPS) is 31.8. The van der Waals surface area contributed by atoms with Gasteiger partial charge in [0.05, 0.1) is 6.07 Å². The Morgan fingerprint density at radius 1 is 1.29 bits per heavy atom. The van der Waals surface area contributed by atoms with Crippen molar-refractivity contribution in [2.24, 2.45) is 5.92 Å². The van der Waals surface area contributed by atoms with Gasteiger partial charge in [-0.05, 0) is 44.4 Å². The molecule has 3 fully saturated rings. The number of rotatable bonds is 3. The quantitative estimate of drug-likeness (QED) is 0.763. The van der Waals surface area contributed by atoms with E-state index in [1.165, 1.54) is 0 Å². The number of amides is 4. The third-order valence-electron chi connectivity index (χ3n) is 5.85. The van der Waals surface area contributed by atoms with E-state index in [2.05, 4.69) is 16.7 Å². The summed E-state index contributed by atoms with van der Waals surface area (Å²) in [6, 6.07) is 1.68. The highest BCUT2D eigenvalue weighted by Crippen LogP contribution is 2.38. The average molecular weight is 332 g/mol.